The van der Waals surface area contributed by atoms with Crippen LogP contribution in [0.2, 0.25) is 5.02 Å². The Kier molecular flexibility index (Phi) is 4.45. The molecule has 0 aliphatic heterocycles. The molecule has 7 nitrogen and oxygen atoms in total. The number of aromatic nitrogens is 1. The average molecular weight is 393 g/mol. The quantitative estimate of drug-likeness (QED) is 0.489. The minimum Gasteiger partial charge on any atom is -0.277 e. The Balaban J connectivity index is 2.47. The van der Waals surface area contributed by atoms with Crippen LogP contribution >= 0.6 is 27.5 Å². The predicted molar refractivity (Wildman–Crippen MR) is 80.9 cm³/mol. The van der Waals surface area contributed by atoms with Gasteiger partial charge in [-0.15, -0.1) is 0 Å². The van der Waals surface area contributed by atoms with Gasteiger partial charge in [0, 0.05) is 18.3 Å². The van der Waals surface area contributed by atoms with Crippen LogP contribution in [0.1, 0.15) is 0 Å². The number of nitro benzene ring substituents is 1. The van der Waals surface area contributed by atoms with E-state index in [9.17, 15) is 18.5 Å². The molecular formula is C11H7BrClN3O4S. The van der Waals surface area contributed by atoms with Crippen LogP contribution in [0.15, 0.2) is 46.0 Å². The molecule has 0 aliphatic carbocycles. The summed E-state index contributed by atoms with van der Waals surface area (Å²) in [7, 11) is -4.08. The molecule has 0 radical (unpaired) electrons. The number of sulfonamides is 1. The van der Waals surface area contributed by atoms with Crippen LogP contribution in [0.4, 0.5) is 11.4 Å². The number of nitrogens with one attached hydrogen (secondary N) is 1. The van der Waals surface area contributed by atoms with Gasteiger partial charge in [-0.05, 0) is 34.1 Å². The van der Waals surface area contributed by atoms with Crippen molar-refractivity contribution in [3.05, 3.63) is 56.3 Å². The van der Waals surface area contributed by atoms with Crippen LogP contribution in [-0.2, 0) is 10.0 Å². The van der Waals surface area contributed by atoms with Crippen LogP contribution in [0.5, 0.6) is 0 Å². The highest BCUT2D eigenvalue weighted by Crippen LogP contribution is 2.29. The van der Waals surface area contributed by atoms with Crippen molar-refractivity contribution in [2.24, 2.45) is 0 Å². The van der Waals surface area contributed by atoms with Crippen LogP contribution in [0.25, 0.3) is 0 Å². The first-order valence-corrected chi connectivity index (χ1v) is 8.04. The van der Waals surface area contributed by atoms with E-state index in [1.165, 1.54) is 18.3 Å². The second kappa shape index (κ2) is 5.96. The van der Waals surface area contributed by atoms with Gasteiger partial charge in [-0.1, -0.05) is 11.6 Å². The lowest BCUT2D eigenvalue weighted by Gasteiger charge is -2.10. The number of hydrogen-bond donors (Lipinski definition) is 1. The number of halogens is 2. The van der Waals surface area contributed by atoms with Crippen molar-refractivity contribution >= 4 is 48.9 Å². The number of nitrogens with zero attached hydrogens (tertiary/aromatic N) is 2. The fraction of sp³-hybridized carbons (Fsp3) is 0. The molecule has 1 aromatic carbocycles. The van der Waals surface area contributed by atoms with E-state index >= 15 is 0 Å². The van der Waals surface area contributed by atoms with Gasteiger partial charge in [-0.25, -0.2) is 13.4 Å². The Hall–Kier alpha value is -1.71. The molecule has 0 aliphatic rings. The molecule has 0 amide bonds. The second-order valence-corrected chi connectivity index (χ2v) is 6.63. The molecule has 1 N–H and O–H groups in total. The molecular weight excluding hydrogens is 386 g/mol. The SMILES string of the molecule is O=[N+]([O-])c1ccc(Cl)c(S(=O)(=O)Nc2cccnc2Br)c1. The minimum absolute atomic E-state index is 0.117. The van der Waals surface area contributed by atoms with E-state index in [1.54, 1.807) is 0 Å². The fourth-order valence-corrected chi connectivity index (χ4v) is 3.54. The maximum Gasteiger partial charge on any atom is 0.270 e. The molecule has 21 heavy (non-hydrogen) atoms. The van der Waals surface area contributed by atoms with Gasteiger partial charge >= 0.3 is 0 Å². The zero-order valence-electron chi connectivity index (χ0n) is 10.2. The van der Waals surface area contributed by atoms with Gasteiger partial charge in [-0.3, -0.25) is 14.8 Å². The third-order valence-corrected chi connectivity index (χ3v) is 4.90. The topological polar surface area (TPSA) is 102 Å². The first-order chi connectivity index (χ1) is 9.81. The van der Waals surface area contributed by atoms with Crippen LogP contribution in [0, 0.1) is 10.1 Å². The number of pyridine rings is 1. The fourth-order valence-electron chi connectivity index (χ4n) is 1.47. The summed E-state index contributed by atoms with van der Waals surface area (Å²) in [6.45, 7) is 0. The van der Waals surface area contributed by atoms with Crippen molar-refractivity contribution in [1.82, 2.24) is 4.98 Å². The number of rotatable bonds is 4. The molecule has 0 spiro atoms. The lowest BCUT2D eigenvalue weighted by molar-refractivity contribution is -0.385. The molecule has 0 atom stereocenters. The van der Waals surface area contributed by atoms with Crippen molar-refractivity contribution in [2.45, 2.75) is 4.90 Å². The number of anilines is 1. The summed E-state index contributed by atoms with van der Waals surface area (Å²) < 4.78 is 27.1. The van der Waals surface area contributed by atoms with E-state index < -0.39 is 14.9 Å². The van der Waals surface area contributed by atoms with Crippen molar-refractivity contribution in [3.8, 4) is 0 Å². The minimum atomic E-state index is -4.08. The molecule has 2 aromatic rings. The Bertz CT molecular complexity index is 813. The summed E-state index contributed by atoms with van der Waals surface area (Å²) in [5.74, 6) is 0. The molecule has 110 valence electrons. The molecule has 0 saturated heterocycles. The standard InChI is InChI=1S/C11H7BrClN3O4S/c12-11-9(2-1-5-14-11)15-21(19,20)10-6-7(16(17)18)3-4-8(10)13/h1-6,15H. The summed E-state index contributed by atoms with van der Waals surface area (Å²) >= 11 is 8.92. The lowest BCUT2D eigenvalue weighted by atomic mass is 10.3. The summed E-state index contributed by atoms with van der Waals surface area (Å²) in [6, 6.07) is 6.21. The molecule has 1 aromatic heterocycles. The largest absolute Gasteiger partial charge is 0.277 e. The van der Waals surface area contributed by atoms with Crippen molar-refractivity contribution in [1.29, 1.82) is 0 Å². The van der Waals surface area contributed by atoms with E-state index in [0.717, 1.165) is 18.2 Å². The molecule has 10 heteroatoms. The molecule has 0 bridgehead atoms. The van der Waals surface area contributed by atoms with Crippen molar-refractivity contribution in [3.63, 3.8) is 0 Å². The first kappa shape index (κ1) is 15.7. The Morgan fingerprint density at radius 3 is 2.67 bits per heavy atom. The highest BCUT2D eigenvalue weighted by molar-refractivity contribution is 9.10. The van der Waals surface area contributed by atoms with Gasteiger partial charge in [0.05, 0.1) is 15.6 Å². The van der Waals surface area contributed by atoms with E-state index in [4.69, 9.17) is 11.6 Å². The van der Waals surface area contributed by atoms with Crippen LogP contribution in [0.3, 0.4) is 0 Å². The zero-order chi connectivity index (χ0) is 15.6. The monoisotopic (exact) mass is 391 g/mol. The molecule has 2 rings (SSSR count). The molecule has 0 saturated carbocycles. The van der Waals surface area contributed by atoms with E-state index in [2.05, 4.69) is 25.6 Å². The van der Waals surface area contributed by atoms with Gasteiger partial charge in [0.1, 0.15) is 9.50 Å². The van der Waals surface area contributed by atoms with Crippen LogP contribution < -0.4 is 4.72 Å². The summed E-state index contributed by atoms with van der Waals surface area (Å²) in [6.07, 6.45) is 1.47. The van der Waals surface area contributed by atoms with Crippen molar-refractivity contribution < 1.29 is 13.3 Å². The second-order valence-electron chi connectivity index (χ2n) is 3.82. The molecule has 0 fully saturated rings. The predicted octanol–water partition coefficient (Wildman–Crippen LogP) is 3.21. The van der Waals surface area contributed by atoms with E-state index in [-0.39, 0.29) is 25.9 Å². The number of benzene rings is 1. The third-order valence-electron chi connectivity index (χ3n) is 2.42. The summed E-state index contributed by atoms with van der Waals surface area (Å²) in [5, 5.41) is 10.6. The number of nitro groups is 1. The Morgan fingerprint density at radius 1 is 1.33 bits per heavy atom. The van der Waals surface area contributed by atoms with Gasteiger partial charge in [0.15, 0.2) is 0 Å². The molecule has 1 heterocycles. The van der Waals surface area contributed by atoms with Gasteiger partial charge < -0.3 is 0 Å². The zero-order valence-corrected chi connectivity index (χ0v) is 13.3. The first-order valence-electron chi connectivity index (χ1n) is 5.38. The smallest absolute Gasteiger partial charge is 0.270 e. The van der Waals surface area contributed by atoms with E-state index in [0.29, 0.717) is 0 Å². The normalized spacial score (nSPS) is 11.1. The molecule has 0 unspecified atom stereocenters. The van der Waals surface area contributed by atoms with Gasteiger partial charge in [0.25, 0.3) is 15.7 Å². The van der Waals surface area contributed by atoms with Gasteiger partial charge in [0.2, 0.25) is 0 Å². The van der Waals surface area contributed by atoms with Crippen LogP contribution in [-0.4, -0.2) is 18.3 Å². The number of non-ortho nitro benzene ring substituents is 1. The maximum atomic E-state index is 12.3. The van der Waals surface area contributed by atoms with E-state index in [1.807, 2.05) is 0 Å². The summed E-state index contributed by atoms with van der Waals surface area (Å²) in [4.78, 5) is 13.5. The number of hydrogen-bond acceptors (Lipinski definition) is 5. The maximum absolute atomic E-state index is 12.3. The summed E-state index contributed by atoms with van der Waals surface area (Å²) in [5.41, 5.74) is -0.176. The third kappa shape index (κ3) is 3.49. The Morgan fingerprint density at radius 2 is 2.05 bits per heavy atom. The average Bonchev–Trinajstić information content (AvgIpc) is 2.41. The lowest BCUT2D eigenvalue weighted by Crippen LogP contribution is -2.14. The van der Waals surface area contributed by atoms with Crippen molar-refractivity contribution in [2.75, 3.05) is 4.72 Å². The Labute approximate surface area is 133 Å². The highest BCUT2D eigenvalue weighted by atomic mass is 79.9. The van der Waals surface area contributed by atoms with Gasteiger partial charge in [-0.2, -0.15) is 0 Å². The highest BCUT2D eigenvalue weighted by Gasteiger charge is 2.22.